The van der Waals surface area contributed by atoms with E-state index in [9.17, 15) is 0 Å². The van der Waals surface area contributed by atoms with Crippen molar-refractivity contribution in [3.8, 4) is 22.3 Å². The fraction of sp³-hybridized carbons (Fsp3) is 0.0345. The molecule has 0 aliphatic heterocycles. The molecule has 0 saturated carbocycles. The van der Waals surface area contributed by atoms with Gasteiger partial charge in [0.05, 0.1) is 0 Å². The lowest BCUT2D eigenvalue weighted by atomic mass is 9.98. The van der Waals surface area contributed by atoms with E-state index in [-0.39, 0.29) is 0 Å². The molecule has 0 aliphatic carbocycles. The molecule has 144 valence electrons. The molecule has 0 bridgehead atoms. The third-order valence-corrected chi connectivity index (χ3v) is 5.65. The molecule has 0 spiro atoms. The first-order valence-electron chi connectivity index (χ1n) is 10.3. The van der Waals surface area contributed by atoms with Crippen LogP contribution < -0.4 is 4.90 Å². The van der Waals surface area contributed by atoms with Crippen LogP contribution in [0.3, 0.4) is 0 Å². The van der Waals surface area contributed by atoms with Gasteiger partial charge in [0.15, 0.2) is 0 Å². The zero-order valence-electron chi connectivity index (χ0n) is 17.0. The fourth-order valence-electron chi connectivity index (χ4n) is 4.03. The smallest absolute Gasteiger partial charge is 0.0494 e. The van der Waals surface area contributed by atoms with Crippen molar-refractivity contribution in [1.29, 1.82) is 0 Å². The summed E-state index contributed by atoms with van der Waals surface area (Å²) in [6.45, 7) is 0. The lowest BCUT2D eigenvalue weighted by Crippen LogP contribution is -2.10. The van der Waals surface area contributed by atoms with Gasteiger partial charge >= 0.3 is 0 Å². The molecule has 0 amide bonds. The average Bonchev–Trinajstić information content (AvgIpc) is 2.84. The summed E-state index contributed by atoms with van der Waals surface area (Å²) in [5.41, 5.74) is 7.30. The molecule has 30 heavy (non-hydrogen) atoms. The molecule has 0 aromatic heterocycles. The molecule has 1 nitrogen and oxygen atoms in total. The normalized spacial score (nSPS) is 10.8. The quantitative estimate of drug-likeness (QED) is 0.303. The van der Waals surface area contributed by atoms with Crippen LogP contribution in [0.15, 0.2) is 121 Å². The molecule has 0 atom stereocenters. The summed E-state index contributed by atoms with van der Waals surface area (Å²) < 4.78 is 0. The lowest BCUT2D eigenvalue weighted by Gasteiger charge is -2.23. The topological polar surface area (TPSA) is 3.24 Å². The van der Waals surface area contributed by atoms with Crippen LogP contribution in [0.1, 0.15) is 0 Å². The van der Waals surface area contributed by atoms with E-state index in [4.69, 9.17) is 0 Å². The van der Waals surface area contributed by atoms with Crippen LogP contribution in [0.25, 0.3) is 33.0 Å². The molecular weight excluding hydrogens is 362 g/mol. The Kier molecular flexibility index (Phi) is 4.78. The van der Waals surface area contributed by atoms with Crippen molar-refractivity contribution in [2.45, 2.75) is 0 Å². The van der Waals surface area contributed by atoms with Gasteiger partial charge in [-0.1, -0.05) is 97.1 Å². The number of hydrogen-bond acceptors (Lipinski definition) is 1. The highest BCUT2D eigenvalue weighted by molar-refractivity contribution is 5.99. The molecule has 5 aromatic rings. The zero-order chi connectivity index (χ0) is 20.3. The Morgan fingerprint density at radius 1 is 0.467 bits per heavy atom. The van der Waals surface area contributed by atoms with Gasteiger partial charge in [-0.2, -0.15) is 0 Å². The predicted molar refractivity (Wildman–Crippen MR) is 129 cm³/mol. The van der Waals surface area contributed by atoms with Crippen LogP contribution in [0.2, 0.25) is 0 Å². The Labute approximate surface area is 177 Å². The first-order chi connectivity index (χ1) is 14.8. The van der Waals surface area contributed by atoms with Crippen molar-refractivity contribution >= 4 is 22.1 Å². The van der Waals surface area contributed by atoms with Gasteiger partial charge in [-0.05, 0) is 51.9 Å². The van der Waals surface area contributed by atoms with Crippen LogP contribution >= 0.6 is 0 Å². The Balaban J connectivity index is 1.64. The summed E-state index contributed by atoms with van der Waals surface area (Å²) in [4.78, 5) is 2.29. The summed E-state index contributed by atoms with van der Waals surface area (Å²) in [6.07, 6.45) is 0. The minimum absolute atomic E-state index is 1.17. The molecule has 0 unspecified atom stereocenters. The van der Waals surface area contributed by atoms with Gasteiger partial charge in [-0.15, -0.1) is 0 Å². The largest absolute Gasteiger partial charge is 0.344 e. The zero-order valence-corrected chi connectivity index (χ0v) is 17.0. The highest BCUT2D eigenvalue weighted by Crippen LogP contribution is 2.36. The van der Waals surface area contributed by atoms with E-state index in [0.717, 1.165) is 0 Å². The fourth-order valence-corrected chi connectivity index (χ4v) is 4.03. The van der Waals surface area contributed by atoms with Crippen molar-refractivity contribution in [3.63, 3.8) is 0 Å². The highest BCUT2D eigenvalue weighted by atomic mass is 15.1. The number of anilines is 2. The number of benzene rings is 5. The SMILES string of the molecule is CN(c1cccc(-c2ccccc2)c1)c1cc(-c2ccccc2)cc2ccccc12. The van der Waals surface area contributed by atoms with E-state index < -0.39 is 0 Å². The van der Waals surface area contributed by atoms with Gasteiger partial charge in [0.25, 0.3) is 0 Å². The average molecular weight is 386 g/mol. The van der Waals surface area contributed by atoms with E-state index in [1.807, 2.05) is 0 Å². The molecule has 1 heteroatoms. The Morgan fingerprint density at radius 2 is 1.07 bits per heavy atom. The van der Waals surface area contributed by atoms with Crippen LogP contribution in [0, 0.1) is 0 Å². The van der Waals surface area contributed by atoms with Crippen LogP contribution in [-0.2, 0) is 0 Å². The van der Waals surface area contributed by atoms with Crippen molar-refractivity contribution in [1.82, 2.24) is 0 Å². The monoisotopic (exact) mass is 385 g/mol. The standard InChI is InChI=1S/C29H23N/c1-30(27-17-10-16-24(20-27)22-11-4-2-5-12-22)29-21-26(23-13-6-3-7-14-23)19-25-15-8-9-18-28(25)29/h2-21H,1H3. The molecule has 0 radical (unpaired) electrons. The van der Waals surface area contributed by atoms with Gasteiger partial charge in [-0.3, -0.25) is 0 Å². The van der Waals surface area contributed by atoms with Crippen molar-refractivity contribution in [3.05, 3.63) is 121 Å². The highest BCUT2D eigenvalue weighted by Gasteiger charge is 2.12. The van der Waals surface area contributed by atoms with Crippen molar-refractivity contribution in [2.24, 2.45) is 0 Å². The summed E-state index contributed by atoms with van der Waals surface area (Å²) in [5.74, 6) is 0. The molecule has 0 aliphatic rings. The van der Waals surface area contributed by atoms with Gasteiger partial charge in [-0.25, -0.2) is 0 Å². The summed E-state index contributed by atoms with van der Waals surface area (Å²) in [7, 11) is 2.15. The number of nitrogens with zero attached hydrogens (tertiary/aromatic N) is 1. The summed E-state index contributed by atoms with van der Waals surface area (Å²) >= 11 is 0. The molecule has 0 heterocycles. The van der Waals surface area contributed by atoms with Gasteiger partial charge in [0.1, 0.15) is 0 Å². The Bertz CT molecular complexity index is 1290. The van der Waals surface area contributed by atoms with Gasteiger partial charge < -0.3 is 4.90 Å². The second-order valence-electron chi connectivity index (χ2n) is 7.56. The molecule has 0 fully saturated rings. The minimum Gasteiger partial charge on any atom is -0.344 e. The maximum atomic E-state index is 2.30. The van der Waals surface area contributed by atoms with Gasteiger partial charge in [0, 0.05) is 23.8 Å². The van der Waals surface area contributed by atoms with Crippen molar-refractivity contribution in [2.75, 3.05) is 11.9 Å². The molecule has 5 aromatic carbocycles. The summed E-state index contributed by atoms with van der Waals surface area (Å²) in [5, 5.41) is 2.50. The first-order valence-corrected chi connectivity index (χ1v) is 10.3. The van der Waals surface area contributed by atoms with Gasteiger partial charge in [0.2, 0.25) is 0 Å². The minimum atomic E-state index is 1.17. The third kappa shape index (κ3) is 3.46. The Morgan fingerprint density at radius 3 is 1.80 bits per heavy atom. The molecular formula is C29H23N. The maximum Gasteiger partial charge on any atom is 0.0494 e. The van der Waals surface area contributed by atoms with E-state index in [0.29, 0.717) is 0 Å². The number of fused-ring (bicyclic) bond motifs is 1. The first kappa shape index (κ1) is 18.2. The lowest BCUT2D eigenvalue weighted by molar-refractivity contribution is 1.22. The second-order valence-corrected chi connectivity index (χ2v) is 7.56. The third-order valence-electron chi connectivity index (χ3n) is 5.65. The van der Waals surface area contributed by atoms with Crippen LogP contribution in [0.4, 0.5) is 11.4 Å². The van der Waals surface area contributed by atoms with Crippen molar-refractivity contribution < 1.29 is 0 Å². The predicted octanol–water partition coefficient (Wildman–Crippen LogP) is 7.94. The Hall–Kier alpha value is -3.84. The van der Waals surface area contributed by atoms with E-state index in [1.54, 1.807) is 0 Å². The maximum absolute atomic E-state index is 2.30. The van der Waals surface area contributed by atoms with E-state index in [2.05, 4.69) is 133 Å². The van der Waals surface area contributed by atoms with E-state index >= 15 is 0 Å². The van der Waals surface area contributed by atoms with Crippen LogP contribution in [0.5, 0.6) is 0 Å². The number of hydrogen-bond donors (Lipinski definition) is 0. The molecule has 0 N–H and O–H groups in total. The molecule has 0 saturated heterocycles. The van der Waals surface area contributed by atoms with E-state index in [1.165, 1.54) is 44.4 Å². The van der Waals surface area contributed by atoms with Crippen LogP contribution in [-0.4, -0.2) is 7.05 Å². The molecule has 5 rings (SSSR count). The number of rotatable bonds is 4. The second kappa shape index (κ2) is 7.88. The summed E-state index contributed by atoms with van der Waals surface area (Å²) in [6, 6.07) is 43.1.